The van der Waals surface area contributed by atoms with Gasteiger partial charge in [0, 0.05) is 11.3 Å². The van der Waals surface area contributed by atoms with Gasteiger partial charge in [0.05, 0.1) is 24.1 Å². The number of rotatable bonds is 5. The number of ether oxygens (including phenoxy) is 1. The fourth-order valence-electron chi connectivity index (χ4n) is 2.87. The molecule has 1 heterocycles. The number of nitrogens with zero attached hydrogens (tertiary/aromatic N) is 1. The highest BCUT2D eigenvalue weighted by Crippen LogP contribution is 2.31. The molecule has 1 atom stereocenters. The van der Waals surface area contributed by atoms with Crippen molar-refractivity contribution in [2.24, 2.45) is 0 Å². The molecule has 0 fully saturated rings. The maximum Gasteiger partial charge on any atom is 0.339 e. The highest BCUT2D eigenvalue weighted by atomic mass is 32.2. The number of carbonyl (C=O) groups excluding carboxylic acids is 1. The molecule has 0 radical (unpaired) electrons. The van der Waals surface area contributed by atoms with Crippen LogP contribution in [0.15, 0.2) is 51.9 Å². The molecule has 2 aromatic carbocycles. The molecule has 1 aromatic heterocycles. The lowest BCUT2D eigenvalue weighted by molar-refractivity contribution is 0.0602. The summed E-state index contributed by atoms with van der Waals surface area (Å²) in [7, 11) is 1.35. The zero-order valence-corrected chi connectivity index (χ0v) is 16.3. The van der Waals surface area contributed by atoms with E-state index in [0.717, 1.165) is 27.4 Å². The second-order valence-electron chi connectivity index (χ2n) is 6.05. The van der Waals surface area contributed by atoms with Crippen LogP contribution in [0.2, 0.25) is 0 Å². The lowest BCUT2D eigenvalue weighted by Crippen LogP contribution is -2.06. The van der Waals surface area contributed by atoms with Gasteiger partial charge in [0.2, 0.25) is 0 Å². The minimum atomic E-state index is -1.04. The molecule has 140 valence electrons. The van der Waals surface area contributed by atoms with Crippen molar-refractivity contribution in [1.29, 1.82) is 0 Å². The van der Waals surface area contributed by atoms with Crippen molar-refractivity contribution in [2.45, 2.75) is 18.7 Å². The minimum Gasteiger partial charge on any atom is -0.612 e. The molecular weight excluding hydrogens is 364 g/mol. The lowest BCUT2D eigenvalue weighted by atomic mass is 10.0. The summed E-state index contributed by atoms with van der Waals surface area (Å²) in [6, 6.07) is 12.7. The first-order chi connectivity index (χ1) is 12.9. The van der Waals surface area contributed by atoms with Gasteiger partial charge in [-0.2, -0.15) is 0 Å². The maximum atomic E-state index is 12.3. The molecule has 7 heteroatoms. The molecule has 1 N–H and O–H groups in total. The number of nitrogens with one attached hydrogen (secondary N) is 1. The van der Waals surface area contributed by atoms with E-state index in [0.29, 0.717) is 17.0 Å². The van der Waals surface area contributed by atoms with Crippen LogP contribution in [0.3, 0.4) is 0 Å². The molecule has 0 spiro atoms. The third kappa shape index (κ3) is 3.99. The summed E-state index contributed by atoms with van der Waals surface area (Å²) in [5.41, 5.74) is 4.24. The summed E-state index contributed by atoms with van der Waals surface area (Å²) in [5, 5.41) is 7.18. The summed E-state index contributed by atoms with van der Waals surface area (Å²) in [5.74, 6) is 0.240. The predicted molar refractivity (Wildman–Crippen MR) is 105 cm³/mol. The molecule has 0 amide bonds. The van der Waals surface area contributed by atoms with Crippen LogP contribution in [0.4, 0.5) is 11.4 Å². The zero-order chi connectivity index (χ0) is 19.6. The van der Waals surface area contributed by atoms with Crippen LogP contribution in [0.25, 0.3) is 11.1 Å². The largest absolute Gasteiger partial charge is 0.612 e. The van der Waals surface area contributed by atoms with E-state index in [1.54, 1.807) is 24.5 Å². The Kier molecular flexibility index (Phi) is 5.53. The Morgan fingerprint density at radius 3 is 2.44 bits per heavy atom. The second kappa shape index (κ2) is 7.85. The molecule has 0 aliphatic carbocycles. The fraction of sp³-hybridized carbons (Fsp3) is 0.200. The Hall–Kier alpha value is -2.77. The number of methoxy groups -OCH3 is 1. The smallest absolute Gasteiger partial charge is 0.339 e. The van der Waals surface area contributed by atoms with Crippen molar-refractivity contribution in [3.8, 4) is 11.1 Å². The summed E-state index contributed by atoms with van der Waals surface area (Å²) in [6.45, 7) is 3.69. The molecule has 3 aromatic rings. The van der Waals surface area contributed by atoms with E-state index >= 15 is 0 Å². The maximum absolute atomic E-state index is 12.3. The molecule has 0 saturated heterocycles. The average molecular weight is 384 g/mol. The minimum absolute atomic E-state index is 0.401. The number of aryl methyl sites for hydroxylation is 2. The van der Waals surface area contributed by atoms with E-state index in [9.17, 15) is 9.35 Å². The SMILES string of the molecule is COC(=O)c1cc(-c2c(C)noc2C)ccc1Nc1ccc([S+](C)[O-])cc1. The Labute approximate surface area is 160 Å². The van der Waals surface area contributed by atoms with Gasteiger partial charge >= 0.3 is 5.97 Å². The van der Waals surface area contributed by atoms with Gasteiger partial charge in [-0.3, -0.25) is 0 Å². The zero-order valence-electron chi connectivity index (χ0n) is 15.5. The third-order valence-electron chi connectivity index (χ3n) is 4.21. The summed E-state index contributed by atoms with van der Waals surface area (Å²) in [4.78, 5) is 13.1. The van der Waals surface area contributed by atoms with Crippen LogP contribution in [0.5, 0.6) is 0 Å². The summed E-state index contributed by atoms with van der Waals surface area (Å²) in [6.07, 6.45) is 1.63. The van der Waals surface area contributed by atoms with E-state index < -0.39 is 17.1 Å². The van der Waals surface area contributed by atoms with Crippen molar-refractivity contribution in [2.75, 3.05) is 18.7 Å². The van der Waals surface area contributed by atoms with E-state index in [-0.39, 0.29) is 0 Å². The van der Waals surface area contributed by atoms with E-state index in [1.807, 2.05) is 38.1 Å². The Bertz CT molecular complexity index is 945. The van der Waals surface area contributed by atoms with Gasteiger partial charge in [-0.15, -0.1) is 0 Å². The molecule has 27 heavy (non-hydrogen) atoms. The standard InChI is InChI=1S/C20H20N2O4S/c1-12-19(13(2)26-22-12)14-5-10-18(17(11-14)20(23)25-3)21-15-6-8-16(9-7-15)27(4)24/h5-11,21H,1-4H3. The second-order valence-corrected chi connectivity index (χ2v) is 7.43. The Morgan fingerprint density at radius 1 is 1.19 bits per heavy atom. The number of hydrogen-bond donors (Lipinski definition) is 1. The highest BCUT2D eigenvalue weighted by molar-refractivity contribution is 7.90. The van der Waals surface area contributed by atoms with Crippen molar-refractivity contribution in [1.82, 2.24) is 5.16 Å². The number of carbonyl (C=O) groups is 1. The van der Waals surface area contributed by atoms with Gasteiger partial charge in [-0.05, 0) is 67.0 Å². The number of anilines is 2. The number of esters is 1. The van der Waals surface area contributed by atoms with Crippen molar-refractivity contribution in [3.05, 3.63) is 59.5 Å². The molecule has 0 aliphatic rings. The molecular formula is C20H20N2O4S. The predicted octanol–water partition coefficient (Wildman–Crippen LogP) is 4.23. The number of aromatic nitrogens is 1. The molecule has 6 nitrogen and oxygen atoms in total. The third-order valence-corrected chi connectivity index (χ3v) is 5.15. The molecule has 0 aliphatic heterocycles. The van der Waals surface area contributed by atoms with Crippen LogP contribution >= 0.6 is 0 Å². The summed E-state index contributed by atoms with van der Waals surface area (Å²) >= 11 is -1.04. The van der Waals surface area contributed by atoms with Crippen LogP contribution in [0, 0.1) is 13.8 Å². The molecule has 3 rings (SSSR count). The first-order valence-electron chi connectivity index (χ1n) is 8.27. The lowest BCUT2D eigenvalue weighted by Gasteiger charge is -2.13. The van der Waals surface area contributed by atoms with Crippen LogP contribution in [0.1, 0.15) is 21.8 Å². The number of hydrogen-bond acceptors (Lipinski definition) is 6. The van der Waals surface area contributed by atoms with Gasteiger partial charge < -0.3 is 19.1 Å². The van der Waals surface area contributed by atoms with Gasteiger partial charge in [-0.1, -0.05) is 11.2 Å². The number of benzene rings is 2. The van der Waals surface area contributed by atoms with Crippen LogP contribution in [-0.2, 0) is 15.9 Å². The van der Waals surface area contributed by atoms with Crippen molar-refractivity contribution >= 4 is 28.5 Å². The van der Waals surface area contributed by atoms with Gasteiger partial charge in [0.15, 0.2) is 4.90 Å². The van der Waals surface area contributed by atoms with Gasteiger partial charge in [0.25, 0.3) is 0 Å². The van der Waals surface area contributed by atoms with Crippen LogP contribution < -0.4 is 5.32 Å². The average Bonchev–Trinajstić information content (AvgIpc) is 3.00. The fourth-order valence-corrected chi connectivity index (χ4v) is 3.39. The quantitative estimate of drug-likeness (QED) is 0.523. The monoisotopic (exact) mass is 384 g/mol. The van der Waals surface area contributed by atoms with Gasteiger partial charge in [0.1, 0.15) is 12.0 Å². The van der Waals surface area contributed by atoms with E-state index in [1.165, 1.54) is 7.11 Å². The van der Waals surface area contributed by atoms with Crippen molar-refractivity contribution in [3.63, 3.8) is 0 Å². The van der Waals surface area contributed by atoms with Crippen molar-refractivity contribution < 1.29 is 18.6 Å². The normalized spacial score (nSPS) is 11.9. The topological polar surface area (TPSA) is 87.4 Å². The molecule has 0 saturated carbocycles. The first-order valence-corrected chi connectivity index (χ1v) is 9.82. The molecule has 0 bridgehead atoms. The first kappa shape index (κ1) is 19.0. The Morgan fingerprint density at radius 2 is 1.89 bits per heavy atom. The Balaban J connectivity index is 1.98. The summed E-state index contributed by atoms with van der Waals surface area (Å²) < 4.78 is 21.7. The highest BCUT2D eigenvalue weighted by Gasteiger charge is 2.18. The van der Waals surface area contributed by atoms with Crippen LogP contribution in [-0.4, -0.2) is 29.0 Å². The van der Waals surface area contributed by atoms with E-state index in [4.69, 9.17) is 9.26 Å². The van der Waals surface area contributed by atoms with Gasteiger partial charge in [-0.25, -0.2) is 4.79 Å². The van der Waals surface area contributed by atoms with E-state index in [2.05, 4.69) is 10.5 Å². The molecule has 1 unspecified atom stereocenters.